The normalized spacial score (nSPS) is 11.5. The molecule has 0 fully saturated rings. The van der Waals surface area contributed by atoms with Crippen molar-refractivity contribution in [2.24, 2.45) is 0 Å². The van der Waals surface area contributed by atoms with Gasteiger partial charge < -0.3 is 46.1 Å². The molecule has 0 amide bonds. The summed E-state index contributed by atoms with van der Waals surface area (Å²) in [5.41, 5.74) is 2.24. The van der Waals surface area contributed by atoms with E-state index in [-0.39, 0.29) is 97.4 Å². The third-order valence-corrected chi connectivity index (χ3v) is 12.4. The molecule has 344 valence electrons. The molecule has 1 aliphatic carbocycles. The smallest absolute Gasteiger partial charge is 0.497 e. The van der Waals surface area contributed by atoms with Gasteiger partial charge in [0.25, 0.3) is 0 Å². The molecule has 0 bridgehead atoms. The first kappa shape index (κ1) is 47.5. The number of ketones is 5. The van der Waals surface area contributed by atoms with Crippen molar-refractivity contribution >= 4 is 46.1 Å². The number of carbonyl (C=O) groups is 5. The molecule has 0 N–H and O–H groups in total. The fourth-order valence-corrected chi connectivity index (χ4v) is 9.12. The summed E-state index contributed by atoms with van der Waals surface area (Å²) < 4.78 is 60.3. The molecule has 0 saturated carbocycles. The minimum atomic E-state index is -2.62. The largest absolute Gasteiger partial charge is 0.530 e. The average molecular weight is 947 g/mol. The van der Waals surface area contributed by atoms with Crippen LogP contribution in [0.5, 0.6) is 57.5 Å². The molecule has 7 rings (SSSR count). The maximum Gasteiger partial charge on any atom is 0.530 e. The summed E-state index contributed by atoms with van der Waals surface area (Å²) in [5, 5.41) is 0. The Hall–Kier alpha value is -7.47. The van der Waals surface area contributed by atoms with Gasteiger partial charge in [0.2, 0.25) is 5.78 Å². The Morgan fingerprint density at radius 3 is 0.910 bits per heavy atom. The lowest BCUT2D eigenvalue weighted by atomic mass is 9.84. The Bertz CT molecular complexity index is 2580. The van der Waals surface area contributed by atoms with E-state index in [9.17, 15) is 19.2 Å². The van der Waals surface area contributed by atoms with E-state index in [0.717, 1.165) is 0 Å². The second-order valence-electron chi connectivity index (χ2n) is 14.8. The van der Waals surface area contributed by atoms with E-state index in [1.165, 1.54) is 105 Å². The third kappa shape index (κ3) is 10.6. The molecule has 0 radical (unpaired) electrons. The number of benzene rings is 6. The van der Waals surface area contributed by atoms with Gasteiger partial charge >= 0.3 is 17.2 Å². The number of Topliss-reactive ketones (excluding diaryl/α,β-unsaturated/α-hetero) is 4. The zero-order chi connectivity index (χ0) is 47.9. The van der Waals surface area contributed by atoms with Crippen molar-refractivity contribution in [3.63, 3.8) is 0 Å². The summed E-state index contributed by atoms with van der Waals surface area (Å²) in [6, 6.07) is 28.7. The standard InChI is InChI=1S/C50H44O15P2/c1-28(51)38-19-15-34(56-5)24-44(38)62-66(63-45-25-35(57-6)16-20-39(45)29(2)52)60-42-13-9-11-32-23-33-12-10-14-43(49(33)50(55)48(32)42)61-67(64-46-26-36(58-7)17-21-40(46)30(3)53)65-47-27-37(59-8)18-22-41(47)31(4)54/h9-22,24-27H,23H2,1-8H3. The van der Waals surface area contributed by atoms with Gasteiger partial charge in [0, 0.05) is 24.3 Å². The lowest BCUT2D eigenvalue weighted by molar-refractivity contribution is 0.100. The van der Waals surface area contributed by atoms with Crippen LogP contribution in [-0.4, -0.2) is 57.4 Å². The number of ether oxygens (including phenoxy) is 4. The third-order valence-electron chi connectivity index (χ3n) is 10.4. The van der Waals surface area contributed by atoms with E-state index >= 15 is 4.79 Å². The van der Waals surface area contributed by atoms with Crippen LogP contribution in [0.2, 0.25) is 0 Å². The highest BCUT2D eigenvalue weighted by molar-refractivity contribution is 7.43. The first-order chi connectivity index (χ1) is 32.2. The van der Waals surface area contributed by atoms with Crippen molar-refractivity contribution in [1.82, 2.24) is 0 Å². The number of hydrogen-bond donors (Lipinski definition) is 0. The van der Waals surface area contributed by atoms with Crippen LogP contribution in [0.4, 0.5) is 0 Å². The highest BCUT2D eigenvalue weighted by Crippen LogP contribution is 2.51. The molecule has 0 aliphatic heterocycles. The Morgan fingerprint density at radius 2 is 0.657 bits per heavy atom. The van der Waals surface area contributed by atoms with Gasteiger partial charge in [-0.3, -0.25) is 24.0 Å². The fraction of sp³-hybridized carbons (Fsp3) is 0.180. The van der Waals surface area contributed by atoms with Crippen LogP contribution in [0.25, 0.3) is 0 Å². The predicted octanol–water partition coefficient (Wildman–Crippen LogP) is 11.2. The maximum atomic E-state index is 15.1. The summed E-state index contributed by atoms with van der Waals surface area (Å²) in [4.78, 5) is 66.4. The molecule has 15 nitrogen and oxygen atoms in total. The van der Waals surface area contributed by atoms with E-state index in [1.54, 1.807) is 60.7 Å². The number of carbonyl (C=O) groups excluding carboxylic acids is 5. The molecule has 0 spiro atoms. The van der Waals surface area contributed by atoms with Crippen LogP contribution < -0.4 is 46.1 Å². The van der Waals surface area contributed by atoms with Gasteiger partial charge in [-0.25, -0.2) is 0 Å². The molecular formula is C50H44O15P2. The van der Waals surface area contributed by atoms with Crippen LogP contribution in [-0.2, 0) is 6.42 Å². The molecule has 17 heteroatoms. The van der Waals surface area contributed by atoms with Crippen molar-refractivity contribution in [3.8, 4) is 57.5 Å². The van der Waals surface area contributed by atoms with Gasteiger partial charge in [0.15, 0.2) is 23.1 Å². The van der Waals surface area contributed by atoms with Gasteiger partial charge in [-0.2, -0.15) is 0 Å². The molecule has 0 heterocycles. The van der Waals surface area contributed by atoms with Crippen LogP contribution in [0.3, 0.4) is 0 Å². The first-order valence-corrected chi connectivity index (χ1v) is 22.6. The molecule has 6 aromatic rings. The second-order valence-corrected chi connectivity index (χ2v) is 16.7. The number of hydrogen-bond acceptors (Lipinski definition) is 15. The van der Waals surface area contributed by atoms with Crippen molar-refractivity contribution in [3.05, 3.63) is 154 Å². The monoisotopic (exact) mass is 946 g/mol. The predicted molar refractivity (Wildman–Crippen MR) is 249 cm³/mol. The number of fused-ring (bicyclic) bond motifs is 2. The molecule has 67 heavy (non-hydrogen) atoms. The summed E-state index contributed by atoms with van der Waals surface area (Å²) in [5.74, 6) is 0.0194. The van der Waals surface area contributed by atoms with Crippen LogP contribution >= 0.6 is 17.2 Å². The summed E-state index contributed by atoms with van der Waals surface area (Å²) in [6.07, 6.45) is 0.244. The second kappa shape index (κ2) is 20.8. The van der Waals surface area contributed by atoms with Crippen molar-refractivity contribution in [2.45, 2.75) is 34.1 Å². The Balaban J connectivity index is 1.31. The molecule has 0 atom stereocenters. The summed E-state index contributed by atoms with van der Waals surface area (Å²) in [6.45, 7) is 5.49. The number of methoxy groups -OCH3 is 4. The first-order valence-electron chi connectivity index (χ1n) is 20.4. The average Bonchev–Trinajstić information content (AvgIpc) is 3.30. The maximum absolute atomic E-state index is 15.1. The summed E-state index contributed by atoms with van der Waals surface area (Å²) in [7, 11) is 0.592. The zero-order valence-electron chi connectivity index (χ0n) is 37.6. The molecule has 1 aliphatic rings. The van der Waals surface area contributed by atoms with E-state index in [2.05, 4.69) is 0 Å². The minimum absolute atomic E-state index is 0.0494. The number of rotatable bonds is 20. The van der Waals surface area contributed by atoms with Gasteiger partial charge in [-0.15, -0.1) is 0 Å². The van der Waals surface area contributed by atoms with Crippen molar-refractivity contribution < 1.29 is 70.1 Å². The summed E-state index contributed by atoms with van der Waals surface area (Å²) >= 11 is 0. The SMILES string of the molecule is COc1ccc(C(C)=O)c(OP(Oc2cc(OC)ccc2C(C)=O)Oc2cccc3c2C(=O)c2c(cccc2OP(Oc2cc(OC)ccc2C(C)=O)Oc2cc(OC)ccc2C(C)=O)C3)c1. The highest BCUT2D eigenvalue weighted by Gasteiger charge is 2.35. The van der Waals surface area contributed by atoms with Gasteiger partial charge in [-0.05, 0) is 106 Å². The van der Waals surface area contributed by atoms with Crippen LogP contribution in [0.15, 0.2) is 109 Å². The van der Waals surface area contributed by atoms with Crippen LogP contribution in [0, 0.1) is 0 Å². The van der Waals surface area contributed by atoms with Gasteiger partial charge in [0.05, 0.1) is 61.8 Å². The fourth-order valence-electron chi connectivity index (χ4n) is 7.02. The van der Waals surface area contributed by atoms with E-state index < -0.39 is 23.0 Å². The lowest BCUT2D eigenvalue weighted by Gasteiger charge is -2.26. The van der Waals surface area contributed by atoms with Crippen molar-refractivity contribution in [2.75, 3.05) is 28.4 Å². The van der Waals surface area contributed by atoms with E-state index in [0.29, 0.717) is 34.1 Å². The molecular weight excluding hydrogens is 902 g/mol. The molecule has 0 aromatic heterocycles. The van der Waals surface area contributed by atoms with E-state index in [1.807, 2.05) is 0 Å². The van der Waals surface area contributed by atoms with Crippen molar-refractivity contribution in [1.29, 1.82) is 0 Å². The minimum Gasteiger partial charge on any atom is -0.497 e. The lowest BCUT2D eigenvalue weighted by Crippen LogP contribution is -2.18. The molecule has 0 unspecified atom stereocenters. The van der Waals surface area contributed by atoms with Gasteiger partial charge in [0.1, 0.15) is 57.5 Å². The topological polar surface area (TPSA) is 178 Å². The van der Waals surface area contributed by atoms with Gasteiger partial charge in [-0.1, -0.05) is 24.3 Å². The highest BCUT2D eigenvalue weighted by atomic mass is 31.2. The molecule has 6 aromatic carbocycles. The molecule has 0 saturated heterocycles. The van der Waals surface area contributed by atoms with Crippen LogP contribution in [0.1, 0.15) is 96.2 Å². The zero-order valence-corrected chi connectivity index (χ0v) is 39.4. The Kier molecular flexibility index (Phi) is 14.7. The Labute approximate surface area is 388 Å². The Morgan fingerprint density at radius 1 is 0.388 bits per heavy atom. The van der Waals surface area contributed by atoms with E-state index in [4.69, 9.17) is 46.1 Å². The quantitative estimate of drug-likeness (QED) is 0.0520.